The zero-order valence-corrected chi connectivity index (χ0v) is 10.3. The van der Waals surface area contributed by atoms with Crippen LogP contribution in [-0.4, -0.2) is 5.78 Å². The van der Waals surface area contributed by atoms with Crippen molar-refractivity contribution >= 4 is 5.78 Å². The van der Waals surface area contributed by atoms with Crippen LogP contribution in [0.1, 0.15) is 10.4 Å². The molecule has 0 N–H and O–H groups in total. The maximum Gasteiger partial charge on any atom is 0 e. The van der Waals surface area contributed by atoms with Gasteiger partial charge in [-0.25, -0.2) is 0 Å². The second-order valence-corrected chi connectivity index (χ2v) is 2.87. The van der Waals surface area contributed by atoms with Gasteiger partial charge in [-0.3, -0.25) is 4.79 Å². The molecule has 92 valence electrons. The van der Waals surface area contributed by atoms with E-state index in [4.69, 9.17) is 9.30 Å². The van der Waals surface area contributed by atoms with Gasteiger partial charge in [0.15, 0.2) is 5.78 Å². The van der Waals surface area contributed by atoms with Gasteiger partial charge in [0.05, 0.1) is 5.92 Å². The van der Waals surface area contributed by atoms with Crippen LogP contribution in [0.3, 0.4) is 0 Å². The minimum atomic E-state index is 0. The Morgan fingerprint density at radius 1 is 0.889 bits per heavy atom. The third kappa shape index (κ3) is 5.99. The van der Waals surface area contributed by atoms with Crippen LogP contribution in [0.4, 0.5) is 0 Å². The molecule has 0 spiro atoms. The van der Waals surface area contributed by atoms with E-state index in [0.717, 1.165) is 11.5 Å². The molecule has 18 heavy (non-hydrogen) atoms. The molecule has 0 aliphatic heterocycles. The molecule has 6 radical (unpaired) electrons. The third-order valence-corrected chi connectivity index (χ3v) is 1.96. The number of ketones is 1. The summed E-state index contributed by atoms with van der Waals surface area (Å²) in [6.07, 6.45) is 7.40. The van der Waals surface area contributed by atoms with Crippen LogP contribution >= 0.6 is 0 Å². The number of rotatable bonds is 2. The number of hydrogen-bond acceptors (Lipinski definition) is 1. The minimum absolute atomic E-state index is 0. The predicted octanol–water partition coefficient (Wildman–Crippen LogP) is 2.20. The van der Waals surface area contributed by atoms with Crippen molar-refractivity contribution in [2.24, 2.45) is 0 Å². The topological polar surface area (TPSA) is 56.9 Å². The molecular formula is C14H9CoO3. The molecular weight excluding hydrogens is 275 g/mol. The van der Waals surface area contributed by atoms with E-state index in [1.807, 2.05) is 56.0 Å². The molecule has 0 atom stereocenters. The molecule has 0 saturated heterocycles. The minimum Gasteiger partial charge on any atom is 0 e. The van der Waals surface area contributed by atoms with Crippen LogP contribution < -0.4 is 0 Å². The van der Waals surface area contributed by atoms with Crippen molar-refractivity contribution in [3.05, 3.63) is 80.8 Å². The first-order chi connectivity index (χ1) is 8.38. The van der Waals surface area contributed by atoms with Gasteiger partial charge < -0.3 is 0 Å². The van der Waals surface area contributed by atoms with Crippen molar-refractivity contribution in [3.63, 3.8) is 0 Å². The van der Waals surface area contributed by atoms with Crippen molar-refractivity contribution in [3.8, 4) is 0 Å². The summed E-state index contributed by atoms with van der Waals surface area (Å²) in [4.78, 5) is 11.7. The summed E-state index contributed by atoms with van der Waals surface area (Å²) in [5, 5.41) is 0. The van der Waals surface area contributed by atoms with E-state index in [-0.39, 0.29) is 22.6 Å². The first-order valence-corrected chi connectivity index (χ1v) is 4.60. The molecule has 0 amide bonds. The Bertz CT molecular complexity index is 358. The Morgan fingerprint density at radius 2 is 1.33 bits per heavy atom. The summed E-state index contributed by atoms with van der Waals surface area (Å²) < 4.78 is 15.0. The molecule has 1 aromatic rings. The van der Waals surface area contributed by atoms with Crippen LogP contribution in [0.15, 0.2) is 30.3 Å². The zero-order valence-electron chi connectivity index (χ0n) is 9.25. The van der Waals surface area contributed by atoms with Gasteiger partial charge in [0, 0.05) is 22.3 Å². The zero-order chi connectivity index (χ0) is 13.1. The maximum absolute atomic E-state index is 11.7. The number of carbonyl (C=O) groups excluding carboxylic acids is 1. The second-order valence-electron chi connectivity index (χ2n) is 2.87. The fourth-order valence-corrected chi connectivity index (χ4v) is 1.28. The Hall–Kier alpha value is -1.12. The molecule has 2 rings (SSSR count). The fraction of sp³-hybridized carbons (Fsp3) is 0. The molecule has 0 unspecified atom stereocenters. The maximum atomic E-state index is 11.7. The molecule has 1 aromatic carbocycles. The average molecular weight is 284 g/mol. The summed E-state index contributed by atoms with van der Waals surface area (Å²) in [5.74, 6) is 0.844. The molecule has 1 saturated carbocycles. The van der Waals surface area contributed by atoms with E-state index in [1.165, 1.54) is 0 Å². The first-order valence-electron chi connectivity index (χ1n) is 4.60. The standard InChI is InChI=1S/C12H9O.2CO.Co/c13-12(11-8-4-5-9-11)10-6-2-1-3-7-10;2*1-2;/h1-9H;;;. The molecule has 0 heterocycles. The third-order valence-electron chi connectivity index (χ3n) is 1.96. The van der Waals surface area contributed by atoms with E-state index >= 15 is 0 Å². The number of benzene rings is 1. The molecule has 1 aliphatic carbocycles. The van der Waals surface area contributed by atoms with Gasteiger partial charge in [-0.2, -0.15) is 0 Å². The quantitative estimate of drug-likeness (QED) is 0.466. The van der Waals surface area contributed by atoms with Gasteiger partial charge in [-0.05, 0) is 25.7 Å². The largest absolute Gasteiger partial charge is 0 e. The van der Waals surface area contributed by atoms with Gasteiger partial charge in [0.25, 0.3) is 0 Å². The van der Waals surface area contributed by atoms with Crippen LogP contribution in [0, 0.1) is 44.9 Å². The Labute approximate surface area is 118 Å². The van der Waals surface area contributed by atoms with Crippen LogP contribution in [0.25, 0.3) is 0 Å². The van der Waals surface area contributed by atoms with E-state index in [0.29, 0.717) is 0 Å². The summed E-state index contributed by atoms with van der Waals surface area (Å²) in [6.45, 7) is 9.00. The number of carbonyl (C=O) groups is 1. The van der Waals surface area contributed by atoms with Gasteiger partial charge in [0.1, 0.15) is 0 Å². The fourth-order valence-electron chi connectivity index (χ4n) is 1.28. The van der Waals surface area contributed by atoms with E-state index in [9.17, 15) is 4.79 Å². The van der Waals surface area contributed by atoms with Gasteiger partial charge in [0.2, 0.25) is 0 Å². The van der Waals surface area contributed by atoms with E-state index < -0.39 is 0 Å². The van der Waals surface area contributed by atoms with E-state index in [1.54, 1.807) is 0 Å². The summed E-state index contributed by atoms with van der Waals surface area (Å²) in [5.41, 5.74) is 0.744. The molecule has 1 aliphatic rings. The Morgan fingerprint density at radius 3 is 1.78 bits per heavy atom. The van der Waals surface area contributed by atoms with E-state index in [2.05, 4.69) is 13.3 Å². The monoisotopic (exact) mass is 284 g/mol. The van der Waals surface area contributed by atoms with Crippen molar-refractivity contribution in [1.29, 1.82) is 0 Å². The Kier molecular flexibility index (Phi) is 13.2. The van der Waals surface area contributed by atoms with Crippen LogP contribution in [0.5, 0.6) is 0 Å². The van der Waals surface area contributed by atoms with Gasteiger partial charge in [-0.1, -0.05) is 30.3 Å². The second kappa shape index (κ2) is 12.3. The average Bonchev–Trinajstić information content (AvgIpc) is 2.97. The smallest absolute Gasteiger partial charge is 0 e. The SMILES string of the molecule is O=C([C]1[CH][CH][CH][CH]1)c1ccccc1.[C-]#[O+].[C-]#[O+].[Co]. The number of Topliss-reactive ketones (excluding diaryl/α,β-unsaturated/α-hetero) is 1. The van der Waals surface area contributed by atoms with Crippen LogP contribution in [0.2, 0.25) is 0 Å². The molecule has 4 heteroatoms. The number of hydrogen-bond donors (Lipinski definition) is 0. The van der Waals surface area contributed by atoms with Crippen LogP contribution in [-0.2, 0) is 26.1 Å². The Balaban J connectivity index is 0. The summed E-state index contributed by atoms with van der Waals surface area (Å²) in [7, 11) is 0. The molecule has 0 aromatic heterocycles. The normalized spacial score (nSPS) is 12.9. The summed E-state index contributed by atoms with van der Waals surface area (Å²) in [6, 6.07) is 9.30. The first kappa shape index (κ1) is 19.2. The summed E-state index contributed by atoms with van der Waals surface area (Å²) >= 11 is 0. The van der Waals surface area contributed by atoms with Crippen molar-refractivity contribution in [2.45, 2.75) is 0 Å². The predicted molar refractivity (Wildman–Crippen MR) is 59.1 cm³/mol. The molecule has 3 nitrogen and oxygen atoms in total. The van der Waals surface area contributed by atoms with Gasteiger partial charge in [-0.15, -0.1) is 0 Å². The van der Waals surface area contributed by atoms with Crippen molar-refractivity contribution < 1.29 is 30.9 Å². The van der Waals surface area contributed by atoms with Crippen molar-refractivity contribution in [2.75, 3.05) is 0 Å². The molecule has 0 bridgehead atoms. The van der Waals surface area contributed by atoms with Gasteiger partial charge >= 0.3 is 22.6 Å². The van der Waals surface area contributed by atoms with Crippen molar-refractivity contribution in [1.82, 2.24) is 0 Å². The molecule has 1 fully saturated rings.